The van der Waals surface area contributed by atoms with Gasteiger partial charge in [-0.05, 0) is 24.1 Å². The van der Waals surface area contributed by atoms with Crippen molar-refractivity contribution in [3.8, 4) is 5.75 Å². The van der Waals surface area contributed by atoms with Crippen LogP contribution >= 0.6 is 0 Å². The molecule has 1 aliphatic rings. The van der Waals surface area contributed by atoms with Crippen LogP contribution < -0.4 is 16.0 Å². The second-order valence-corrected chi connectivity index (χ2v) is 7.06. The molecule has 1 aliphatic heterocycles. The second-order valence-electron chi connectivity index (χ2n) is 7.06. The van der Waals surface area contributed by atoms with E-state index in [0.717, 1.165) is 16.9 Å². The number of amides is 1. The molecule has 2 heterocycles. The fraction of sp³-hybridized carbons (Fsp3) is 0.174. The number of hydrogen-bond acceptors (Lipinski definition) is 4. The molecule has 0 atom stereocenters. The third-order valence-corrected chi connectivity index (χ3v) is 4.96. The first-order valence-electron chi connectivity index (χ1n) is 9.66. The fourth-order valence-corrected chi connectivity index (χ4v) is 3.36. The molecule has 7 nitrogen and oxygen atoms in total. The van der Waals surface area contributed by atoms with Crippen LogP contribution in [0.3, 0.4) is 0 Å². The summed E-state index contributed by atoms with van der Waals surface area (Å²) < 4.78 is 5.73. The summed E-state index contributed by atoms with van der Waals surface area (Å²) in [5.74, 6) is 0.535. The summed E-state index contributed by atoms with van der Waals surface area (Å²) >= 11 is 0. The maximum absolute atomic E-state index is 13.3. The Balaban J connectivity index is 1.60. The van der Waals surface area contributed by atoms with Crippen LogP contribution in [0.2, 0.25) is 0 Å². The van der Waals surface area contributed by atoms with Gasteiger partial charge in [-0.15, -0.1) is 0 Å². The highest BCUT2D eigenvalue weighted by Crippen LogP contribution is 2.26. The number of fused-ring (bicyclic) bond motifs is 1. The lowest BCUT2D eigenvalue weighted by Gasteiger charge is -2.26. The topological polar surface area (TPSA) is 95.3 Å². The highest BCUT2D eigenvalue weighted by Gasteiger charge is 2.23. The minimum Gasteiger partial charge on any atom is -0.488 e. The lowest BCUT2D eigenvalue weighted by molar-refractivity contribution is -0.128. The number of aromatic amines is 2. The number of rotatable bonds is 6. The first kappa shape index (κ1) is 19.4. The summed E-state index contributed by atoms with van der Waals surface area (Å²) in [6.07, 6.45) is 3.82. The van der Waals surface area contributed by atoms with E-state index in [1.165, 1.54) is 6.20 Å². The van der Waals surface area contributed by atoms with E-state index in [1.54, 1.807) is 4.90 Å². The lowest BCUT2D eigenvalue weighted by Crippen LogP contribution is -2.38. The molecule has 7 heteroatoms. The molecule has 0 spiro atoms. The summed E-state index contributed by atoms with van der Waals surface area (Å²) in [6, 6.07) is 17.3. The van der Waals surface area contributed by atoms with E-state index >= 15 is 0 Å². The van der Waals surface area contributed by atoms with Crippen molar-refractivity contribution in [1.29, 1.82) is 0 Å². The Bertz CT molecular complexity index is 1190. The minimum atomic E-state index is -0.578. The van der Waals surface area contributed by atoms with Gasteiger partial charge in [0, 0.05) is 18.3 Å². The van der Waals surface area contributed by atoms with Crippen LogP contribution in [0.5, 0.6) is 5.75 Å². The van der Waals surface area contributed by atoms with Crippen LogP contribution in [0, 0.1) is 0 Å². The molecule has 2 aromatic carbocycles. The van der Waals surface area contributed by atoms with Gasteiger partial charge in [0.15, 0.2) is 0 Å². The van der Waals surface area contributed by atoms with Crippen LogP contribution in [0.4, 0.5) is 0 Å². The average Bonchev–Trinajstić information content (AvgIpc) is 2.78. The summed E-state index contributed by atoms with van der Waals surface area (Å²) in [4.78, 5) is 43.1. The van der Waals surface area contributed by atoms with Crippen LogP contribution in [0.1, 0.15) is 16.7 Å². The van der Waals surface area contributed by atoms with Crippen LogP contribution in [-0.2, 0) is 17.8 Å². The standard InChI is InChI=1S/C23H21N3O4/c27-21-19(13-24-23(29)25-21)14-26(11-10-16-6-2-1-3-7-16)22(28)18-12-17-8-4-5-9-20(17)30-15-18/h1-9,12-13H,10-11,14-15H2,(H2,24,25,27,29). The Hall–Kier alpha value is -3.87. The molecule has 0 fully saturated rings. The van der Waals surface area contributed by atoms with Gasteiger partial charge in [0.2, 0.25) is 0 Å². The SMILES string of the molecule is O=C(C1=Cc2ccccc2OC1)N(CCc1ccccc1)Cc1c[nH]c(=O)[nH]c1=O. The Kier molecular flexibility index (Phi) is 5.61. The molecule has 0 bridgehead atoms. The van der Waals surface area contributed by atoms with E-state index in [9.17, 15) is 14.4 Å². The molecule has 0 radical (unpaired) electrons. The van der Waals surface area contributed by atoms with Gasteiger partial charge in [-0.2, -0.15) is 0 Å². The number of benzene rings is 2. The highest BCUT2D eigenvalue weighted by molar-refractivity contribution is 5.99. The molecule has 3 aromatic rings. The first-order chi connectivity index (χ1) is 14.6. The van der Waals surface area contributed by atoms with Crippen molar-refractivity contribution < 1.29 is 9.53 Å². The maximum Gasteiger partial charge on any atom is 0.325 e. The summed E-state index contributed by atoms with van der Waals surface area (Å²) in [6.45, 7) is 0.664. The molecule has 0 aliphatic carbocycles. The number of nitrogens with zero attached hydrogens (tertiary/aromatic N) is 1. The van der Waals surface area contributed by atoms with Crippen molar-refractivity contribution >= 4 is 12.0 Å². The molecule has 152 valence electrons. The Morgan fingerprint density at radius 1 is 1.03 bits per heavy atom. The zero-order valence-corrected chi connectivity index (χ0v) is 16.3. The number of carbonyl (C=O) groups excluding carboxylic acids is 1. The van der Waals surface area contributed by atoms with E-state index < -0.39 is 11.2 Å². The number of carbonyl (C=O) groups is 1. The fourth-order valence-electron chi connectivity index (χ4n) is 3.36. The smallest absolute Gasteiger partial charge is 0.325 e. The number of para-hydroxylation sites is 1. The van der Waals surface area contributed by atoms with Crippen LogP contribution in [0.25, 0.3) is 6.08 Å². The monoisotopic (exact) mass is 403 g/mol. The van der Waals surface area contributed by atoms with Crippen molar-refractivity contribution in [3.05, 3.63) is 104 Å². The van der Waals surface area contributed by atoms with Crippen molar-refractivity contribution in [2.45, 2.75) is 13.0 Å². The summed E-state index contributed by atoms with van der Waals surface area (Å²) in [7, 11) is 0. The third-order valence-electron chi connectivity index (χ3n) is 4.96. The normalized spacial score (nSPS) is 12.5. The predicted molar refractivity (Wildman–Crippen MR) is 113 cm³/mol. The third kappa shape index (κ3) is 4.41. The van der Waals surface area contributed by atoms with E-state index in [2.05, 4.69) is 9.97 Å². The van der Waals surface area contributed by atoms with E-state index in [1.807, 2.05) is 60.7 Å². The Morgan fingerprint density at radius 2 is 1.80 bits per heavy atom. The summed E-state index contributed by atoms with van der Waals surface area (Å²) in [5, 5.41) is 0. The quantitative estimate of drug-likeness (QED) is 0.659. The summed E-state index contributed by atoms with van der Waals surface area (Å²) in [5.41, 5.74) is 1.68. The number of nitrogens with one attached hydrogen (secondary N) is 2. The van der Waals surface area contributed by atoms with Gasteiger partial charge in [0.25, 0.3) is 11.5 Å². The second kappa shape index (κ2) is 8.65. The van der Waals surface area contributed by atoms with Gasteiger partial charge >= 0.3 is 5.69 Å². The Morgan fingerprint density at radius 3 is 2.60 bits per heavy atom. The number of aromatic nitrogens is 2. The number of hydrogen-bond donors (Lipinski definition) is 2. The molecule has 30 heavy (non-hydrogen) atoms. The molecule has 1 aromatic heterocycles. The van der Waals surface area contributed by atoms with Gasteiger partial charge in [-0.3, -0.25) is 14.6 Å². The van der Waals surface area contributed by atoms with Gasteiger partial charge in [0.1, 0.15) is 12.4 Å². The molecule has 4 rings (SSSR count). The molecule has 2 N–H and O–H groups in total. The Labute approximate surface area is 172 Å². The van der Waals surface area contributed by atoms with Crippen molar-refractivity contribution in [1.82, 2.24) is 14.9 Å². The molecule has 0 saturated heterocycles. The molecule has 0 unspecified atom stereocenters. The van der Waals surface area contributed by atoms with E-state index in [4.69, 9.17) is 4.74 Å². The number of H-pyrrole nitrogens is 2. The van der Waals surface area contributed by atoms with Gasteiger partial charge in [-0.1, -0.05) is 48.5 Å². The lowest BCUT2D eigenvalue weighted by atomic mass is 10.1. The van der Waals surface area contributed by atoms with E-state index in [-0.39, 0.29) is 19.1 Å². The largest absolute Gasteiger partial charge is 0.488 e. The minimum absolute atomic E-state index is 0.0801. The van der Waals surface area contributed by atoms with Crippen LogP contribution in [0.15, 0.2) is 76.0 Å². The first-order valence-corrected chi connectivity index (χ1v) is 9.66. The van der Waals surface area contributed by atoms with Crippen molar-refractivity contribution in [2.24, 2.45) is 0 Å². The van der Waals surface area contributed by atoms with Gasteiger partial charge < -0.3 is 14.6 Å². The zero-order valence-electron chi connectivity index (χ0n) is 16.3. The molecule has 0 saturated carbocycles. The molecular weight excluding hydrogens is 382 g/mol. The highest BCUT2D eigenvalue weighted by atomic mass is 16.5. The predicted octanol–water partition coefficient (Wildman–Crippen LogP) is 2.11. The van der Waals surface area contributed by atoms with Gasteiger partial charge in [-0.25, -0.2) is 4.79 Å². The van der Waals surface area contributed by atoms with Crippen molar-refractivity contribution in [2.75, 3.05) is 13.2 Å². The average molecular weight is 403 g/mol. The molecule has 1 amide bonds. The van der Waals surface area contributed by atoms with Crippen molar-refractivity contribution in [3.63, 3.8) is 0 Å². The zero-order chi connectivity index (χ0) is 20.9. The van der Waals surface area contributed by atoms with E-state index in [0.29, 0.717) is 24.1 Å². The maximum atomic E-state index is 13.3. The molecular formula is C23H21N3O4. The van der Waals surface area contributed by atoms with Gasteiger partial charge in [0.05, 0.1) is 17.7 Å². The number of ether oxygens (including phenoxy) is 1. The van der Waals surface area contributed by atoms with Crippen LogP contribution in [-0.4, -0.2) is 33.9 Å².